The number of hydrogen-bond donors (Lipinski definition) is 0. The molecule has 0 heterocycles. The zero-order chi connectivity index (χ0) is 16.5. The third-order valence-electron chi connectivity index (χ3n) is 2.67. The van der Waals surface area contributed by atoms with Crippen LogP contribution in [0.3, 0.4) is 0 Å². The van der Waals surface area contributed by atoms with Gasteiger partial charge in [0.05, 0.1) is 40.0 Å². The van der Waals surface area contributed by atoms with Gasteiger partial charge in [-0.25, -0.2) is 0 Å². The number of carbonyl (C=O) groups is 1. The van der Waals surface area contributed by atoms with Crippen LogP contribution < -0.4 is 4.74 Å². The second-order valence-electron chi connectivity index (χ2n) is 4.18. The molecule has 116 valence electrons. The van der Waals surface area contributed by atoms with E-state index in [2.05, 4.69) is 0 Å². The Labute approximate surface area is 143 Å². The minimum absolute atomic E-state index is 0.185. The molecule has 0 spiro atoms. The monoisotopic (exact) mass is 359 g/mol. The van der Waals surface area contributed by atoms with Crippen LogP contribution in [0.15, 0.2) is 12.1 Å². The van der Waals surface area contributed by atoms with Crippen molar-refractivity contribution < 1.29 is 9.53 Å². The van der Waals surface area contributed by atoms with Crippen LogP contribution in [-0.2, 0) is 4.79 Å². The lowest BCUT2D eigenvalue weighted by Crippen LogP contribution is -2.36. The second-order valence-corrected chi connectivity index (χ2v) is 5.40. The average molecular weight is 361 g/mol. The maximum Gasteiger partial charge on any atom is 0.260 e. The van der Waals surface area contributed by atoms with Crippen LogP contribution in [0.25, 0.3) is 0 Å². The molecule has 0 unspecified atom stereocenters. The first-order valence-corrected chi connectivity index (χ1v) is 7.42. The minimum atomic E-state index is -0.340. The highest BCUT2D eigenvalue weighted by Crippen LogP contribution is 2.33. The molecule has 1 rings (SSSR count). The van der Waals surface area contributed by atoms with Gasteiger partial charge in [0.1, 0.15) is 5.75 Å². The maximum absolute atomic E-state index is 12.1. The van der Waals surface area contributed by atoms with E-state index >= 15 is 0 Å². The van der Waals surface area contributed by atoms with Gasteiger partial charge < -0.3 is 9.64 Å². The van der Waals surface area contributed by atoms with Gasteiger partial charge >= 0.3 is 0 Å². The fourth-order valence-corrected chi connectivity index (χ4v) is 2.17. The SMILES string of the molecule is N#CCCN(CCC#N)C(=O)COc1cc(Cl)c(Cl)cc1Cl. The summed E-state index contributed by atoms with van der Waals surface area (Å²) in [5.74, 6) is -0.0995. The molecular formula is C14H12Cl3N3O2. The first kappa shape index (κ1) is 18.4. The van der Waals surface area contributed by atoms with Crippen LogP contribution in [0.5, 0.6) is 5.75 Å². The summed E-state index contributed by atoms with van der Waals surface area (Å²) in [5.41, 5.74) is 0. The van der Waals surface area contributed by atoms with Crippen molar-refractivity contribution in [3.05, 3.63) is 27.2 Å². The number of rotatable bonds is 7. The summed E-state index contributed by atoms with van der Waals surface area (Å²) >= 11 is 17.6. The van der Waals surface area contributed by atoms with E-state index in [0.717, 1.165) is 0 Å². The average Bonchev–Trinajstić information content (AvgIpc) is 2.49. The van der Waals surface area contributed by atoms with Crippen LogP contribution in [0.2, 0.25) is 15.1 Å². The van der Waals surface area contributed by atoms with Crippen molar-refractivity contribution in [2.45, 2.75) is 12.8 Å². The highest BCUT2D eigenvalue weighted by molar-refractivity contribution is 6.43. The smallest absolute Gasteiger partial charge is 0.260 e. The summed E-state index contributed by atoms with van der Waals surface area (Å²) in [6.45, 7) is 0.222. The molecule has 0 atom stereocenters. The molecule has 0 radical (unpaired) electrons. The van der Waals surface area contributed by atoms with E-state index in [1.165, 1.54) is 17.0 Å². The summed E-state index contributed by atoms with van der Waals surface area (Å²) in [4.78, 5) is 13.5. The maximum atomic E-state index is 12.1. The lowest BCUT2D eigenvalue weighted by atomic mass is 10.3. The normalized spacial score (nSPS) is 9.68. The van der Waals surface area contributed by atoms with Crippen LogP contribution in [0.1, 0.15) is 12.8 Å². The molecular weight excluding hydrogens is 349 g/mol. The van der Waals surface area contributed by atoms with Gasteiger partial charge in [-0.3, -0.25) is 4.79 Å². The van der Waals surface area contributed by atoms with Crippen molar-refractivity contribution >= 4 is 40.7 Å². The van der Waals surface area contributed by atoms with Crippen LogP contribution >= 0.6 is 34.8 Å². The van der Waals surface area contributed by atoms with Gasteiger partial charge in [-0.05, 0) is 6.07 Å². The van der Waals surface area contributed by atoms with Gasteiger partial charge in [0.25, 0.3) is 5.91 Å². The number of amides is 1. The van der Waals surface area contributed by atoms with Crippen LogP contribution in [0.4, 0.5) is 0 Å². The molecule has 0 N–H and O–H groups in total. The Morgan fingerprint density at radius 2 is 1.59 bits per heavy atom. The molecule has 0 bridgehead atoms. The largest absolute Gasteiger partial charge is 0.482 e. The first-order chi connectivity index (χ1) is 10.5. The Morgan fingerprint density at radius 3 is 2.14 bits per heavy atom. The molecule has 5 nitrogen and oxygen atoms in total. The van der Waals surface area contributed by atoms with E-state index in [1.807, 2.05) is 12.1 Å². The van der Waals surface area contributed by atoms with Gasteiger partial charge in [0.15, 0.2) is 6.61 Å². The zero-order valence-corrected chi connectivity index (χ0v) is 13.8. The molecule has 1 aromatic rings. The fourth-order valence-electron chi connectivity index (χ4n) is 1.58. The third-order valence-corrected chi connectivity index (χ3v) is 3.68. The highest BCUT2D eigenvalue weighted by Gasteiger charge is 2.15. The number of halogens is 3. The predicted molar refractivity (Wildman–Crippen MR) is 84.0 cm³/mol. The molecule has 0 fully saturated rings. The molecule has 22 heavy (non-hydrogen) atoms. The van der Waals surface area contributed by atoms with E-state index < -0.39 is 0 Å². The number of benzene rings is 1. The molecule has 0 saturated heterocycles. The molecule has 1 amide bonds. The van der Waals surface area contributed by atoms with E-state index in [0.29, 0.717) is 0 Å². The van der Waals surface area contributed by atoms with Crippen LogP contribution in [-0.4, -0.2) is 30.5 Å². The van der Waals surface area contributed by atoms with Crippen molar-refractivity contribution in [3.63, 3.8) is 0 Å². The minimum Gasteiger partial charge on any atom is -0.482 e. The van der Waals surface area contributed by atoms with E-state index in [-0.39, 0.29) is 59.3 Å². The Hall–Kier alpha value is -1.66. The highest BCUT2D eigenvalue weighted by atomic mass is 35.5. The topological polar surface area (TPSA) is 77.1 Å². The van der Waals surface area contributed by atoms with Gasteiger partial charge in [-0.1, -0.05) is 34.8 Å². The van der Waals surface area contributed by atoms with Crippen molar-refractivity contribution in [1.82, 2.24) is 4.90 Å². The summed E-state index contributed by atoms with van der Waals surface area (Å²) in [5, 5.41) is 18.0. The second kappa shape index (κ2) is 9.38. The zero-order valence-electron chi connectivity index (χ0n) is 11.5. The Balaban J connectivity index is 2.68. The molecule has 0 saturated carbocycles. The van der Waals surface area contributed by atoms with Gasteiger partial charge in [-0.2, -0.15) is 10.5 Å². The van der Waals surface area contributed by atoms with E-state index in [1.54, 1.807) is 0 Å². The fraction of sp³-hybridized carbons (Fsp3) is 0.357. The lowest BCUT2D eigenvalue weighted by molar-refractivity contribution is -0.133. The van der Waals surface area contributed by atoms with Crippen molar-refractivity contribution in [2.24, 2.45) is 0 Å². The molecule has 0 aliphatic heterocycles. The van der Waals surface area contributed by atoms with Crippen molar-refractivity contribution in [2.75, 3.05) is 19.7 Å². The molecule has 0 aliphatic carbocycles. The quantitative estimate of drug-likeness (QED) is 0.695. The molecule has 0 aliphatic rings. The molecule has 8 heteroatoms. The number of nitriles is 2. The summed E-state index contributed by atoms with van der Waals surface area (Å²) in [6.07, 6.45) is 0.370. The van der Waals surface area contributed by atoms with E-state index in [4.69, 9.17) is 50.1 Å². The van der Waals surface area contributed by atoms with Gasteiger partial charge in [0, 0.05) is 19.2 Å². The van der Waals surface area contributed by atoms with Crippen molar-refractivity contribution in [3.8, 4) is 17.9 Å². The Kier molecular flexibility index (Phi) is 7.84. The predicted octanol–water partition coefficient (Wildman–Crippen LogP) is 3.68. The Bertz CT molecular complexity index is 605. The molecule has 0 aromatic heterocycles. The number of hydrogen-bond acceptors (Lipinski definition) is 4. The van der Waals surface area contributed by atoms with E-state index in [9.17, 15) is 4.79 Å². The third kappa shape index (κ3) is 5.61. The standard InChI is InChI=1S/C14H12Cl3N3O2/c15-10-7-12(17)13(8-11(10)16)22-9-14(21)20(5-1-3-18)6-2-4-19/h7-8H,1-2,5-6,9H2. The number of ether oxygens (including phenoxy) is 1. The molecule has 1 aromatic carbocycles. The summed E-state index contributed by atoms with van der Waals surface area (Å²) in [7, 11) is 0. The van der Waals surface area contributed by atoms with Gasteiger partial charge in [0.2, 0.25) is 0 Å². The first-order valence-electron chi connectivity index (χ1n) is 6.28. The number of carbonyl (C=O) groups excluding carboxylic acids is 1. The Morgan fingerprint density at radius 1 is 1.05 bits per heavy atom. The summed E-state index contributed by atoms with van der Waals surface area (Å²) in [6, 6.07) is 6.76. The van der Waals surface area contributed by atoms with Crippen molar-refractivity contribution in [1.29, 1.82) is 10.5 Å². The summed E-state index contributed by atoms with van der Waals surface area (Å²) < 4.78 is 5.34. The number of nitrogens with zero attached hydrogens (tertiary/aromatic N) is 3. The van der Waals surface area contributed by atoms with Gasteiger partial charge in [-0.15, -0.1) is 0 Å². The van der Waals surface area contributed by atoms with Crippen LogP contribution in [0, 0.1) is 22.7 Å². The lowest BCUT2D eigenvalue weighted by Gasteiger charge is -2.20.